The van der Waals surface area contributed by atoms with Crippen LogP contribution in [0.2, 0.25) is 5.02 Å². The van der Waals surface area contributed by atoms with E-state index in [1.165, 1.54) is 0 Å². The van der Waals surface area contributed by atoms with Crippen molar-refractivity contribution in [2.45, 2.75) is 32.8 Å². The van der Waals surface area contributed by atoms with Gasteiger partial charge in [-0.3, -0.25) is 20.0 Å². The number of nitrogens with one attached hydrogen (secondary N) is 1. The van der Waals surface area contributed by atoms with Gasteiger partial charge in [0.15, 0.2) is 5.78 Å². The number of ketones is 1. The van der Waals surface area contributed by atoms with E-state index in [0.717, 1.165) is 16.1 Å². The number of halogens is 1. The standard InChI is InChI=1S/C25H24ClN3O4/c1-25(2,3)33-24(32)29(21-11-9-20(26)10-12-21)28-23(31)15-22(30)18-7-4-6-17(14-18)19-8-5-13-27-16-19/h4-14,16H,15H2,1-3H3,(H,28,31). The predicted octanol–water partition coefficient (Wildman–Crippen LogP) is 5.45. The van der Waals surface area contributed by atoms with Crippen LogP contribution >= 0.6 is 11.6 Å². The third-order valence-corrected chi connectivity index (χ3v) is 4.65. The monoisotopic (exact) mass is 465 g/mol. The van der Waals surface area contributed by atoms with E-state index in [-0.39, 0.29) is 0 Å². The molecule has 7 nitrogen and oxygen atoms in total. The molecule has 0 spiro atoms. The lowest BCUT2D eigenvalue weighted by atomic mass is 10.0. The van der Waals surface area contributed by atoms with Gasteiger partial charge in [0.05, 0.1) is 12.1 Å². The van der Waals surface area contributed by atoms with Crippen LogP contribution in [0.15, 0.2) is 73.1 Å². The number of hydrogen-bond donors (Lipinski definition) is 1. The minimum atomic E-state index is -0.788. The summed E-state index contributed by atoms with van der Waals surface area (Å²) in [5.41, 5.74) is 4.07. The number of rotatable bonds is 5. The molecule has 0 aliphatic rings. The zero-order valence-electron chi connectivity index (χ0n) is 18.5. The fraction of sp³-hybridized carbons (Fsp3) is 0.200. The van der Waals surface area contributed by atoms with Gasteiger partial charge in [0.25, 0.3) is 0 Å². The van der Waals surface area contributed by atoms with Crippen molar-refractivity contribution in [3.8, 4) is 11.1 Å². The van der Waals surface area contributed by atoms with E-state index in [9.17, 15) is 14.4 Å². The van der Waals surface area contributed by atoms with Crippen molar-refractivity contribution in [1.29, 1.82) is 0 Å². The topological polar surface area (TPSA) is 88.6 Å². The number of hydrazine groups is 1. The van der Waals surface area contributed by atoms with Crippen molar-refractivity contribution in [1.82, 2.24) is 10.4 Å². The van der Waals surface area contributed by atoms with Crippen LogP contribution in [0.25, 0.3) is 11.1 Å². The molecule has 0 radical (unpaired) electrons. The van der Waals surface area contributed by atoms with E-state index in [1.807, 2.05) is 12.1 Å². The van der Waals surface area contributed by atoms with Crippen LogP contribution in [-0.2, 0) is 9.53 Å². The molecule has 1 aromatic heterocycles. The van der Waals surface area contributed by atoms with Crippen molar-refractivity contribution in [2.75, 3.05) is 5.01 Å². The highest BCUT2D eigenvalue weighted by atomic mass is 35.5. The van der Waals surface area contributed by atoms with Crippen molar-refractivity contribution < 1.29 is 19.1 Å². The largest absolute Gasteiger partial charge is 0.442 e. The molecule has 2 amide bonds. The molecule has 2 aromatic carbocycles. The highest BCUT2D eigenvalue weighted by Crippen LogP contribution is 2.21. The van der Waals surface area contributed by atoms with Gasteiger partial charge in [0, 0.05) is 28.5 Å². The molecule has 8 heteroatoms. The Kier molecular flexibility index (Phi) is 7.45. The Morgan fingerprint density at radius 2 is 1.70 bits per heavy atom. The van der Waals surface area contributed by atoms with Gasteiger partial charge in [-0.1, -0.05) is 35.9 Å². The maximum Gasteiger partial charge on any atom is 0.434 e. The van der Waals surface area contributed by atoms with Gasteiger partial charge in [-0.15, -0.1) is 0 Å². The molecule has 0 saturated heterocycles. The Morgan fingerprint density at radius 3 is 2.33 bits per heavy atom. The molecule has 0 unspecified atom stereocenters. The van der Waals surface area contributed by atoms with Crippen molar-refractivity contribution >= 4 is 35.1 Å². The summed E-state index contributed by atoms with van der Waals surface area (Å²) in [6.07, 6.45) is 2.12. The van der Waals surface area contributed by atoms with Gasteiger partial charge in [-0.25, -0.2) is 4.79 Å². The third kappa shape index (κ3) is 6.89. The number of amides is 2. The Bertz CT molecular complexity index is 1140. The molecule has 0 atom stereocenters. The Morgan fingerprint density at radius 1 is 1.00 bits per heavy atom. The van der Waals surface area contributed by atoms with Gasteiger partial charge in [-0.2, -0.15) is 5.01 Å². The molecule has 170 valence electrons. The van der Waals surface area contributed by atoms with Crippen LogP contribution in [0.3, 0.4) is 0 Å². The second kappa shape index (κ2) is 10.3. The van der Waals surface area contributed by atoms with Crippen LogP contribution in [0.4, 0.5) is 10.5 Å². The quantitative estimate of drug-likeness (QED) is 0.307. The zero-order chi connectivity index (χ0) is 24.0. The minimum Gasteiger partial charge on any atom is -0.442 e. The predicted molar refractivity (Wildman–Crippen MR) is 127 cm³/mol. The van der Waals surface area contributed by atoms with Crippen LogP contribution in [0.5, 0.6) is 0 Å². The summed E-state index contributed by atoms with van der Waals surface area (Å²) in [7, 11) is 0. The molecular formula is C25H24ClN3O4. The number of hydrogen-bond acceptors (Lipinski definition) is 5. The fourth-order valence-electron chi connectivity index (χ4n) is 2.93. The van der Waals surface area contributed by atoms with E-state index in [4.69, 9.17) is 16.3 Å². The first-order chi connectivity index (χ1) is 15.6. The van der Waals surface area contributed by atoms with Crippen LogP contribution in [-0.4, -0.2) is 28.4 Å². The highest BCUT2D eigenvalue weighted by Gasteiger charge is 2.26. The van der Waals surface area contributed by atoms with Gasteiger partial charge < -0.3 is 4.74 Å². The minimum absolute atomic E-state index is 0.341. The molecule has 3 rings (SSSR count). The average molecular weight is 466 g/mol. The number of nitrogens with zero attached hydrogens (tertiary/aromatic N) is 2. The maximum absolute atomic E-state index is 12.8. The normalized spacial score (nSPS) is 10.9. The van der Waals surface area contributed by atoms with E-state index >= 15 is 0 Å². The summed E-state index contributed by atoms with van der Waals surface area (Å²) in [5.74, 6) is -1.05. The molecule has 1 N–H and O–H groups in total. The second-order valence-corrected chi connectivity index (χ2v) is 8.69. The van der Waals surface area contributed by atoms with E-state index in [2.05, 4.69) is 10.4 Å². The number of pyridine rings is 1. The molecule has 0 fully saturated rings. The van der Waals surface area contributed by atoms with Gasteiger partial charge in [0.1, 0.15) is 5.60 Å². The van der Waals surface area contributed by atoms with Gasteiger partial charge >= 0.3 is 6.09 Å². The van der Waals surface area contributed by atoms with Crippen molar-refractivity contribution in [3.63, 3.8) is 0 Å². The number of benzene rings is 2. The van der Waals surface area contributed by atoms with Crippen LogP contribution < -0.4 is 10.4 Å². The third-order valence-electron chi connectivity index (χ3n) is 4.40. The summed E-state index contributed by atoms with van der Waals surface area (Å²) in [6.45, 7) is 5.14. The Labute approximate surface area is 197 Å². The highest BCUT2D eigenvalue weighted by molar-refractivity contribution is 6.30. The molecule has 0 aliphatic heterocycles. The second-order valence-electron chi connectivity index (χ2n) is 8.25. The molecule has 1 heterocycles. The lowest BCUT2D eigenvalue weighted by Gasteiger charge is -2.27. The summed E-state index contributed by atoms with van der Waals surface area (Å²) < 4.78 is 5.39. The Hall–Kier alpha value is -3.71. The smallest absolute Gasteiger partial charge is 0.434 e. The van der Waals surface area contributed by atoms with Crippen molar-refractivity contribution in [3.05, 3.63) is 83.6 Å². The summed E-state index contributed by atoms with van der Waals surface area (Å²) >= 11 is 5.93. The lowest BCUT2D eigenvalue weighted by Crippen LogP contribution is -2.49. The summed E-state index contributed by atoms with van der Waals surface area (Å²) in [5, 5.41) is 1.43. The number of ether oxygens (including phenoxy) is 1. The number of Topliss-reactive ketones (excluding diaryl/α,β-unsaturated/α-hetero) is 1. The number of anilines is 1. The van der Waals surface area contributed by atoms with E-state index < -0.39 is 29.8 Å². The average Bonchev–Trinajstić information content (AvgIpc) is 2.77. The number of carbonyl (C=O) groups is 3. The fourth-order valence-corrected chi connectivity index (χ4v) is 3.06. The van der Waals surface area contributed by atoms with Gasteiger partial charge in [-0.05, 0) is 62.7 Å². The molecule has 0 aliphatic carbocycles. The first kappa shape index (κ1) is 23.9. The first-order valence-electron chi connectivity index (χ1n) is 10.2. The van der Waals surface area contributed by atoms with E-state index in [1.54, 1.807) is 81.7 Å². The van der Waals surface area contributed by atoms with Gasteiger partial charge in [0.2, 0.25) is 5.91 Å². The molecule has 3 aromatic rings. The lowest BCUT2D eigenvalue weighted by molar-refractivity contribution is -0.120. The number of aromatic nitrogens is 1. The van der Waals surface area contributed by atoms with Crippen LogP contribution in [0, 0.1) is 0 Å². The molecule has 33 heavy (non-hydrogen) atoms. The van der Waals surface area contributed by atoms with Crippen molar-refractivity contribution in [2.24, 2.45) is 0 Å². The molecule has 0 bridgehead atoms. The summed E-state index contributed by atoms with van der Waals surface area (Å²) in [6, 6.07) is 16.9. The summed E-state index contributed by atoms with van der Waals surface area (Å²) in [4.78, 5) is 42.2. The SMILES string of the molecule is CC(C)(C)OC(=O)N(NC(=O)CC(=O)c1cccc(-c2cccnc2)c1)c1ccc(Cl)cc1. The number of carbonyl (C=O) groups excluding carboxylic acids is 3. The molecule has 0 saturated carbocycles. The zero-order valence-corrected chi connectivity index (χ0v) is 19.3. The van der Waals surface area contributed by atoms with E-state index in [0.29, 0.717) is 16.3 Å². The molecular weight excluding hydrogens is 442 g/mol. The Balaban J connectivity index is 1.75. The first-order valence-corrected chi connectivity index (χ1v) is 10.6. The van der Waals surface area contributed by atoms with Crippen LogP contribution in [0.1, 0.15) is 37.6 Å². The maximum atomic E-state index is 12.8.